The van der Waals surface area contributed by atoms with E-state index in [0.29, 0.717) is 25.3 Å². The number of nitrogens with zero attached hydrogens (tertiary/aromatic N) is 2. The summed E-state index contributed by atoms with van der Waals surface area (Å²) in [6.45, 7) is 3.06. The van der Waals surface area contributed by atoms with Gasteiger partial charge in [-0.15, -0.1) is 0 Å². The molecule has 1 unspecified atom stereocenters. The van der Waals surface area contributed by atoms with Gasteiger partial charge in [-0.25, -0.2) is 9.78 Å². The molecule has 114 valence electrons. The quantitative estimate of drug-likeness (QED) is 0.859. The maximum absolute atomic E-state index is 12.8. The van der Waals surface area contributed by atoms with E-state index >= 15 is 0 Å². The summed E-state index contributed by atoms with van der Waals surface area (Å²) in [6, 6.07) is 2.44. The van der Waals surface area contributed by atoms with Gasteiger partial charge in [-0.3, -0.25) is 4.79 Å². The molecule has 2 amide bonds. The first-order chi connectivity index (χ1) is 10.1. The Morgan fingerprint density at radius 3 is 3.00 bits per heavy atom. The van der Waals surface area contributed by atoms with Crippen LogP contribution in [0.25, 0.3) is 0 Å². The van der Waals surface area contributed by atoms with Gasteiger partial charge in [-0.05, 0) is 31.9 Å². The van der Waals surface area contributed by atoms with Crippen LogP contribution < -0.4 is 5.32 Å². The van der Waals surface area contributed by atoms with Crippen molar-refractivity contribution in [3.8, 4) is 0 Å². The lowest BCUT2D eigenvalue weighted by molar-refractivity contribution is 0.0685. The highest BCUT2D eigenvalue weighted by atomic mass is 19.1. The van der Waals surface area contributed by atoms with Gasteiger partial charge in [-0.2, -0.15) is 4.39 Å². The summed E-state index contributed by atoms with van der Waals surface area (Å²) < 4.78 is 17.6. The predicted octanol–water partition coefficient (Wildman–Crippen LogP) is 1.57. The molecule has 0 aromatic carbocycles. The number of hydrogen-bond donors (Lipinski definition) is 1. The highest BCUT2D eigenvalue weighted by Crippen LogP contribution is 2.14. The maximum atomic E-state index is 12.8. The van der Waals surface area contributed by atoms with Gasteiger partial charge in [0.05, 0.1) is 12.2 Å². The van der Waals surface area contributed by atoms with E-state index in [0.717, 1.165) is 18.9 Å². The van der Waals surface area contributed by atoms with Crippen molar-refractivity contribution in [3.63, 3.8) is 0 Å². The van der Waals surface area contributed by atoms with Crippen LogP contribution in [0.4, 0.5) is 9.18 Å². The first-order valence-electron chi connectivity index (χ1n) is 6.94. The van der Waals surface area contributed by atoms with E-state index in [1.807, 2.05) is 0 Å². The van der Waals surface area contributed by atoms with Crippen LogP contribution in [0.5, 0.6) is 0 Å². The lowest BCUT2D eigenvalue weighted by Crippen LogP contribution is -2.49. The van der Waals surface area contributed by atoms with Crippen molar-refractivity contribution >= 4 is 12.0 Å². The molecule has 0 saturated carbocycles. The monoisotopic (exact) mass is 295 g/mol. The standard InChI is InChI=1S/C14H18FN3O3/c1-2-21-14(20)17-11-4-3-7-18(9-11)13(19)10-5-6-12(15)16-8-10/h5-6,8,11H,2-4,7,9H2,1H3,(H,17,20). The number of piperidine rings is 1. The molecule has 1 N–H and O–H groups in total. The van der Waals surface area contributed by atoms with Crippen LogP contribution in [0.2, 0.25) is 0 Å². The number of pyridine rings is 1. The highest BCUT2D eigenvalue weighted by molar-refractivity contribution is 5.94. The van der Waals surface area contributed by atoms with E-state index in [1.54, 1.807) is 11.8 Å². The van der Waals surface area contributed by atoms with Gasteiger partial charge >= 0.3 is 6.09 Å². The number of carbonyl (C=O) groups is 2. The minimum absolute atomic E-state index is 0.129. The molecule has 0 aliphatic carbocycles. The van der Waals surface area contributed by atoms with E-state index in [-0.39, 0.29) is 11.9 Å². The highest BCUT2D eigenvalue weighted by Gasteiger charge is 2.25. The van der Waals surface area contributed by atoms with Crippen molar-refractivity contribution in [2.24, 2.45) is 0 Å². The minimum Gasteiger partial charge on any atom is -0.450 e. The van der Waals surface area contributed by atoms with Crippen molar-refractivity contribution in [3.05, 3.63) is 29.8 Å². The van der Waals surface area contributed by atoms with Crippen LogP contribution in [0, 0.1) is 5.95 Å². The van der Waals surface area contributed by atoms with Gasteiger partial charge in [0.1, 0.15) is 0 Å². The Bertz CT molecular complexity index is 507. The second-order valence-electron chi connectivity index (χ2n) is 4.82. The Kier molecular flexibility index (Phi) is 5.08. The predicted molar refractivity (Wildman–Crippen MR) is 73.3 cm³/mol. The minimum atomic E-state index is -0.618. The summed E-state index contributed by atoms with van der Waals surface area (Å²) in [5, 5.41) is 2.73. The molecule has 6 nitrogen and oxygen atoms in total. The topological polar surface area (TPSA) is 71.5 Å². The number of hydrogen-bond acceptors (Lipinski definition) is 4. The molecule has 1 aromatic rings. The van der Waals surface area contributed by atoms with Gasteiger partial charge in [0.25, 0.3) is 5.91 Å². The Labute approximate surface area is 122 Å². The fourth-order valence-corrected chi connectivity index (χ4v) is 2.30. The zero-order chi connectivity index (χ0) is 15.2. The zero-order valence-corrected chi connectivity index (χ0v) is 11.8. The van der Waals surface area contributed by atoms with Gasteiger partial charge in [-0.1, -0.05) is 0 Å². The van der Waals surface area contributed by atoms with Gasteiger partial charge in [0, 0.05) is 25.3 Å². The van der Waals surface area contributed by atoms with Gasteiger partial charge in [0.2, 0.25) is 5.95 Å². The smallest absolute Gasteiger partial charge is 0.407 e. The number of rotatable bonds is 3. The molecule has 1 aromatic heterocycles. The van der Waals surface area contributed by atoms with Crippen LogP contribution in [0.1, 0.15) is 30.1 Å². The molecular formula is C14H18FN3O3. The number of halogens is 1. The van der Waals surface area contributed by atoms with E-state index < -0.39 is 12.0 Å². The number of alkyl carbamates (subject to hydrolysis) is 1. The Morgan fingerprint density at radius 1 is 1.52 bits per heavy atom. The Hall–Kier alpha value is -2.18. The van der Waals surface area contributed by atoms with Crippen molar-refractivity contribution < 1.29 is 18.7 Å². The third-order valence-electron chi connectivity index (χ3n) is 3.28. The lowest BCUT2D eigenvalue weighted by atomic mass is 10.0. The fourth-order valence-electron chi connectivity index (χ4n) is 2.30. The molecule has 0 radical (unpaired) electrons. The molecular weight excluding hydrogens is 277 g/mol. The fraction of sp³-hybridized carbons (Fsp3) is 0.500. The molecule has 2 heterocycles. The number of ether oxygens (including phenoxy) is 1. The summed E-state index contributed by atoms with van der Waals surface area (Å²) in [5.41, 5.74) is 0.341. The molecule has 0 bridgehead atoms. The average Bonchev–Trinajstić information content (AvgIpc) is 2.48. The molecule has 21 heavy (non-hydrogen) atoms. The summed E-state index contributed by atoms with van der Waals surface area (Å²) in [7, 11) is 0. The van der Waals surface area contributed by atoms with E-state index in [1.165, 1.54) is 12.3 Å². The number of likely N-dealkylation sites (tertiary alicyclic amines) is 1. The molecule has 2 rings (SSSR count). The van der Waals surface area contributed by atoms with Crippen LogP contribution in [0.15, 0.2) is 18.3 Å². The number of amides is 2. The van der Waals surface area contributed by atoms with Crippen LogP contribution >= 0.6 is 0 Å². The first-order valence-corrected chi connectivity index (χ1v) is 6.94. The molecule has 1 fully saturated rings. The summed E-state index contributed by atoms with van der Waals surface area (Å²) in [4.78, 5) is 28.8. The van der Waals surface area contributed by atoms with Crippen molar-refractivity contribution in [2.75, 3.05) is 19.7 Å². The van der Waals surface area contributed by atoms with Crippen molar-refractivity contribution in [2.45, 2.75) is 25.8 Å². The van der Waals surface area contributed by atoms with E-state index in [4.69, 9.17) is 4.74 Å². The first kappa shape index (κ1) is 15.2. The summed E-state index contributed by atoms with van der Waals surface area (Å²) in [6.07, 6.45) is 2.34. The second-order valence-corrected chi connectivity index (χ2v) is 4.82. The zero-order valence-electron chi connectivity index (χ0n) is 11.8. The van der Waals surface area contributed by atoms with Crippen molar-refractivity contribution in [1.82, 2.24) is 15.2 Å². The van der Waals surface area contributed by atoms with Gasteiger partial charge < -0.3 is 15.0 Å². The average molecular weight is 295 g/mol. The molecule has 7 heteroatoms. The van der Waals surface area contributed by atoms with Crippen LogP contribution in [0.3, 0.4) is 0 Å². The second kappa shape index (κ2) is 7.01. The lowest BCUT2D eigenvalue weighted by Gasteiger charge is -2.32. The molecule has 1 atom stereocenters. The van der Waals surface area contributed by atoms with Crippen LogP contribution in [-0.2, 0) is 4.74 Å². The van der Waals surface area contributed by atoms with E-state index in [9.17, 15) is 14.0 Å². The van der Waals surface area contributed by atoms with Crippen molar-refractivity contribution in [1.29, 1.82) is 0 Å². The Balaban J connectivity index is 1.95. The SMILES string of the molecule is CCOC(=O)NC1CCCN(C(=O)c2ccc(F)nc2)C1. The number of aromatic nitrogens is 1. The third kappa shape index (κ3) is 4.14. The molecule has 1 aliphatic heterocycles. The van der Waals surface area contributed by atoms with E-state index in [2.05, 4.69) is 10.3 Å². The number of nitrogens with one attached hydrogen (secondary N) is 1. The Morgan fingerprint density at radius 2 is 2.33 bits per heavy atom. The van der Waals surface area contributed by atoms with Crippen LogP contribution in [-0.4, -0.2) is 47.6 Å². The maximum Gasteiger partial charge on any atom is 0.407 e. The summed E-state index contributed by atoms with van der Waals surface area (Å²) in [5.74, 6) is -0.829. The van der Waals surface area contributed by atoms with Gasteiger partial charge in [0.15, 0.2) is 0 Å². The number of carbonyl (C=O) groups excluding carboxylic acids is 2. The third-order valence-corrected chi connectivity index (χ3v) is 3.28. The molecule has 1 saturated heterocycles. The molecule has 0 spiro atoms. The molecule has 1 aliphatic rings. The largest absolute Gasteiger partial charge is 0.450 e. The summed E-state index contributed by atoms with van der Waals surface area (Å²) >= 11 is 0. The normalized spacial score (nSPS) is 18.2.